The molecular formula is C50H33N. The topological polar surface area (TPSA) is 3.24 Å². The van der Waals surface area contributed by atoms with Gasteiger partial charge in [0.25, 0.3) is 0 Å². The molecule has 0 atom stereocenters. The summed E-state index contributed by atoms with van der Waals surface area (Å²) in [6.45, 7) is 0. The van der Waals surface area contributed by atoms with Crippen LogP contribution < -0.4 is 4.90 Å². The maximum absolute atomic E-state index is 2.39. The molecule has 51 heavy (non-hydrogen) atoms. The molecule has 0 saturated heterocycles. The number of para-hydroxylation sites is 1. The average Bonchev–Trinajstić information content (AvgIpc) is 3.21. The molecule has 0 radical (unpaired) electrons. The van der Waals surface area contributed by atoms with E-state index in [0.717, 1.165) is 17.1 Å². The highest BCUT2D eigenvalue weighted by molar-refractivity contribution is 6.21. The van der Waals surface area contributed by atoms with Crippen LogP contribution in [0.5, 0.6) is 0 Å². The zero-order valence-corrected chi connectivity index (χ0v) is 28.0. The van der Waals surface area contributed by atoms with Crippen LogP contribution >= 0.6 is 0 Å². The van der Waals surface area contributed by atoms with Crippen LogP contribution in [-0.2, 0) is 0 Å². The minimum Gasteiger partial charge on any atom is -0.311 e. The van der Waals surface area contributed by atoms with Crippen molar-refractivity contribution in [3.63, 3.8) is 0 Å². The number of anilines is 3. The van der Waals surface area contributed by atoms with Crippen molar-refractivity contribution in [2.75, 3.05) is 4.90 Å². The Balaban J connectivity index is 1.08. The lowest BCUT2D eigenvalue weighted by Crippen LogP contribution is -2.09. The van der Waals surface area contributed by atoms with E-state index in [1.54, 1.807) is 0 Å². The highest BCUT2D eigenvalue weighted by Gasteiger charge is 2.16. The van der Waals surface area contributed by atoms with E-state index in [9.17, 15) is 0 Å². The predicted molar refractivity (Wildman–Crippen MR) is 220 cm³/mol. The van der Waals surface area contributed by atoms with Gasteiger partial charge in [-0.2, -0.15) is 0 Å². The summed E-state index contributed by atoms with van der Waals surface area (Å²) in [4.78, 5) is 2.35. The quantitative estimate of drug-likeness (QED) is 0.168. The first kappa shape index (κ1) is 29.2. The van der Waals surface area contributed by atoms with E-state index < -0.39 is 0 Å². The number of rotatable bonds is 5. The van der Waals surface area contributed by atoms with E-state index in [1.807, 2.05) is 0 Å². The molecule has 0 spiro atoms. The second kappa shape index (κ2) is 12.0. The lowest BCUT2D eigenvalue weighted by Gasteiger charge is -2.26. The summed E-state index contributed by atoms with van der Waals surface area (Å²) in [5.74, 6) is 0. The molecule has 0 aromatic heterocycles. The van der Waals surface area contributed by atoms with E-state index in [0.29, 0.717) is 0 Å². The van der Waals surface area contributed by atoms with Crippen molar-refractivity contribution >= 4 is 70.9 Å². The predicted octanol–water partition coefficient (Wildman–Crippen LogP) is 14.3. The summed E-state index contributed by atoms with van der Waals surface area (Å²) >= 11 is 0. The number of fused-ring (bicyclic) bond motifs is 8. The molecule has 0 unspecified atom stereocenters. The van der Waals surface area contributed by atoms with Crippen LogP contribution in [0.2, 0.25) is 0 Å². The smallest absolute Gasteiger partial charge is 0.0462 e. The van der Waals surface area contributed by atoms with Gasteiger partial charge in [-0.15, -0.1) is 0 Å². The van der Waals surface area contributed by atoms with Crippen LogP contribution in [-0.4, -0.2) is 0 Å². The van der Waals surface area contributed by atoms with Gasteiger partial charge < -0.3 is 4.90 Å². The summed E-state index contributed by atoms with van der Waals surface area (Å²) in [6, 6.07) is 72.9. The molecular weight excluding hydrogens is 615 g/mol. The van der Waals surface area contributed by atoms with Gasteiger partial charge in [0, 0.05) is 17.1 Å². The van der Waals surface area contributed by atoms with E-state index in [2.05, 4.69) is 205 Å². The monoisotopic (exact) mass is 647 g/mol. The molecule has 0 amide bonds. The van der Waals surface area contributed by atoms with Crippen molar-refractivity contribution in [3.05, 3.63) is 200 Å². The van der Waals surface area contributed by atoms with Crippen molar-refractivity contribution in [1.29, 1.82) is 0 Å². The van der Waals surface area contributed by atoms with Crippen LogP contribution in [0.3, 0.4) is 0 Å². The third-order valence-corrected chi connectivity index (χ3v) is 10.4. The van der Waals surface area contributed by atoms with Crippen LogP contribution in [0.4, 0.5) is 17.1 Å². The van der Waals surface area contributed by atoms with Crippen molar-refractivity contribution < 1.29 is 0 Å². The Kier molecular flexibility index (Phi) is 6.89. The molecule has 0 saturated carbocycles. The summed E-state index contributed by atoms with van der Waals surface area (Å²) in [6.07, 6.45) is 0. The van der Waals surface area contributed by atoms with Gasteiger partial charge >= 0.3 is 0 Å². The third-order valence-electron chi connectivity index (χ3n) is 10.4. The standard InChI is InChI=1S/C50H33N/c1-2-14-38(15-3-1)51(39-27-22-35(23-28-39)48-32-37-13-5-7-17-42(37)43-18-8-10-20-45(43)48)40-29-24-36(25-30-40)49-33-50-41-16-6-4-12-34(41)26-31-47(50)44-19-9-11-21-46(44)49/h1-33H. The normalized spacial score (nSPS) is 11.5. The average molecular weight is 648 g/mol. The summed E-state index contributed by atoms with van der Waals surface area (Å²) in [7, 11) is 0. The highest BCUT2D eigenvalue weighted by atomic mass is 15.1. The maximum Gasteiger partial charge on any atom is 0.0462 e. The minimum absolute atomic E-state index is 1.12. The van der Waals surface area contributed by atoms with Crippen molar-refractivity contribution in [2.45, 2.75) is 0 Å². The van der Waals surface area contributed by atoms with Gasteiger partial charge in [0.2, 0.25) is 0 Å². The molecule has 0 bridgehead atoms. The molecule has 0 N–H and O–H groups in total. The van der Waals surface area contributed by atoms with Crippen LogP contribution in [0.25, 0.3) is 76.1 Å². The zero-order valence-electron chi connectivity index (χ0n) is 28.0. The largest absolute Gasteiger partial charge is 0.311 e. The lowest BCUT2D eigenvalue weighted by atomic mass is 9.91. The Bertz CT molecular complexity index is 2890. The molecule has 238 valence electrons. The fourth-order valence-electron chi connectivity index (χ4n) is 8.00. The maximum atomic E-state index is 2.39. The van der Waals surface area contributed by atoms with Gasteiger partial charge in [0.05, 0.1) is 0 Å². The molecule has 0 heterocycles. The summed E-state index contributed by atoms with van der Waals surface area (Å²) in [5.41, 5.74) is 8.27. The van der Waals surface area contributed by atoms with Gasteiger partial charge in [-0.05, 0) is 125 Å². The molecule has 0 aliphatic rings. The fraction of sp³-hybridized carbons (Fsp3) is 0. The number of benzene rings is 10. The molecule has 0 aliphatic carbocycles. The lowest BCUT2D eigenvalue weighted by molar-refractivity contribution is 1.28. The number of hydrogen-bond donors (Lipinski definition) is 0. The molecule has 1 nitrogen and oxygen atoms in total. The number of nitrogens with zero attached hydrogens (tertiary/aromatic N) is 1. The molecule has 10 aromatic rings. The van der Waals surface area contributed by atoms with Crippen molar-refractivity contribution in [2.24, 2.45) is 0 Å². The van der Waals surface area contributed by atoms with E-state index >= 15 is 0 Å². The Morgan fingerprint density at radius 2 is 0.647 bits per heavy atom. The summed E-state index contributed by atoms with van der Waals surface area (Å²) < 4.78 is 0. The van der Waals surface area contributed by atoms with Gasteiger partial charge in [0.15, 0.2) is 0 Å². The van der Waals surface area contributed by atoms with Crippen LogP contribution in [0.1, 0.15) is 0 Å². The van der Waals surface area contributed by atoms with Gasteiger partial charge in [0.1, 0.15) is 0 Å². The minimum atomic E-state index is 1.12. The molecule has 0 aliphatic heterocycles. The SMILES string of the molecule is c1ccc(N(c2ccc(-c3cc4ccccc4c4ccccc34)cc2)c2ccc(-c3cc4c5ccccc5ccc4c4ccccc34)cc2)cc1. The van der Waals surface area contributed by atoms with E-state index in [4.69, 9.17) is 0 Å². The molecule has 0 fully saturated rings. The Hall–Kier alpha value is -6.70. The molecule has 1 heteroatoms. The van der Waals surface area contributed by atoms with Crippen LogP contribution in [0, 0.1) is 0 Å². The van der Waals surface area contributed by atoms with Gasteiger partial charge in [-0.1, -0.05) is 152 Å². The van der Waals surface area contributed by atoms with Gasteiger partial charge in [-0.25, -0.2) is 0 Å². The first-order valence-electron chi connectivity index (χ1n) is 17.6. The molecule has 10 aromatic carbocycles. The third kappa shape index (κ3) is 4.94. The van der Waals surface area contributed by atoms with Crippen molar-refractivity contribution in [1.82, 2.24) is 0 Å². The first-order valence-corrected chi connectivity index (χ1v) is 17.6. The van der Waals surface area contributed by atoms with Crippen LogP contribution in [0.15, 0.2) is 200 Å². The number of hydrogen-bond acceptors (Lipinski definition) is 1. The Morgan fingerprint density at radius 3 is 1.25 bits per heavy atom. The second-order valence-corrected chi connectivity index (χ2v) is 13.3. The first-order chi connectivity index (χ1) is 25.3. The summed E-state index contributed by atoms with van der Waals surface area (Å²) in [5, 5.41) is 12.8. The molecule has 10 rings (SSSR count). The zero-order chi connectivity index (χ0) is 33.7. The fourth-order valence-corrected chi connectivity index (χ4v) is 8.00. The second-order valence-electron chi connectivity index (χ2n) is 13.3. The van der Waals surface area contributed by atoms with E-state index in [1.165, 1.54) is 76.1 Å². The Morgan fingerprint density at radius 1 is 0.235 bits per heavy atom. The Labute approximate surface area is 297 Å². The van der Waals surface area contributed by atoms with Gasteiger partial charge in [-0.3, -0.25) is 0 Å². The van der Waals surface area contributed by atoms with E-state index in [-0.39, 0.29) is 0 Å². The van der Waals surface area contributed by atoms with Crippen molar-refractivity contribution in [3.8, 4) is 22.3 Å². The highest BCUT2D eigenvalue weighted by Crippen LogP contribution is 2.41.